The van der Waals surface area contributed by atoms with Crippen molar-refractivity contribution in [2.75, 3.05) is 24.3 Å². The van der Waals surface area contributed by atoms with Crippen molar-refractivity contribution in [2.45, 2.75) is 56.2 Å². The van der Waals surface area contributed by atoms with E-state index < -0.39 is 33.4 Å². The summed E-state index contributed by atoms with van der Waals surface area (Å²) in [6.45, 7) is 0.670. The van der Waals surface area contributed by atoms with Crippen molar-refractivity contribution in [1.29, 1.82) is 0 Å². The topological polar surface area (TPSA) is 91.5 Å². The minimum atomic E-state index is -3.44. The standard InChI is InChI=1S/C23H30FN3O4S/c1-32(29,30)26-19-12-14-27(23-22(24)21(28)11-13-25-23)20(19)15-31-18-9-7-17(8-10-18)16-5-3-2-4-6-16/h2-6,11,13,17-20,26H,7-10,12,14-15H2,1H3,(H,25,28)/t17?,18?,19-,20-/m0/s1. The molecule has 1 aromatic carbocycles. The Morgan fingerprint density at radius 2 is 1.84 bits per heavy atom. The Bertz CT molecular complexity index is 1070. The van der Waals surface area contributed by atoms with E-state index in [4.69, 9.17) is 4.74 Å². The number of ether oxygens (including phenoxy) is 1. The van der Waals surface area contributed by atoms with Crippen LogP contribution in [-0.2, 0) is 14.8 Å². The Kier molecular flexibility index (Phi) is 6.97. The van der Waals surface area contributed by atoms with Gasteiger partial charge in [-0.2, -0.15) is 4.39 Å². The number of sulfonamides is 1. The first-order valence-electron chi connectivity index (χ1n) is 11.1. The van der Waals surface area contributed by atoms with Crippen LogP contribution in [0.1, 0.15) is 43.6 Å². The quantitative estimate of drug-likeness (QED) is 0.659. The molecule has 2 atom stereocenters. The average molecular weight is 464 g/mol. The van der Waals surface area contributed by atoms with E-state index in [9.17, 15) is 17.6 Å². The summed E-state index contributed by atoms with van der Waals surface area (Å²) in [5.74, 6) is -0.250. The zero-order valence-electron chi connectivity index (χ0n) is 18.2. The lowest BCUT2D eigenvalue weighted by Gasteiger charge is -2.33. The zero-order valence-corrected chi connectivity index (χ0v) is 19.0. The predicted molar refractivity (Wildman–Crippen MR) is 122 cm³/mol. The van der Waals surface area contributed by atoms with Crippen molar-refractivity contribution in [3.05, 3.63) is 64.2 Å². The van der Waals surface area contributed by atoms with Gasteiger partial charge >= 0.3 is 0 Å². The summed E-state index contributed by atoms with van der Waals surface area (Å²) >= 11 is 0. The number of pyridine rings is 1. The van der Waals surface area contributed by atoms with Crippen molar-refractivity contribution in [2.24, 2.45) is 0 Å². The molecule has 2 fully saturated rings. The molecular weight excluding hydrogens is 433 g/mol. The largest absolute Gasteiger partial charge is 0.376 e. The molecule has 2 aromatic rings. The van der Waals surface area contributed by atoms with Crippen molar-refractivity contribution >= 4 is 15.8 Å². The number of nitrogens with one attached hydrogen (secondary N) is 2. The molecule has 1 aromatic heterocycles. The SMILES string of the molecule is CS(=O)(=O)N[C@H]1CCN(c2[nH]ccc(=O)c2F)[C@H]1COC1CCC(c2ccccc2)CC1. The third-order valence-corrected chi connectivity index (χ3v) is 7.26. The normalized spacial score (nSPS) is 26.4. The molecule has 7 nitrogen and oxygen atoms in total. The molecule has 1 aliphatic heterocycles. The molecule has 2 N–H and O–H groups in total. The van der Waals surface area contributed by atoms with Gasteiger partial charge in [0.2, 0.25) is 21.3 Å². The minimum absolute atomic E-state index is 0.0796. The highest BCUT2D eigenvalue weighted by molar-refractivity contribution is 7.88. The smallest absolute Gasteiger partial charge is 0.219 e. The summed E-state index contributed by atoms with van der Waals surface area (Å²) < 4.78 is 47.2. The molecule has 0 spiro atoms. The number of aromatic amines is 1. The fourth-order valence-corrected chi connectivity index (χ4v) is 5.76. The number of aromatic nitrogens is 1. The molecule has 1 aliphatic carbocycles. The van der Waals surface area contributed by atoms with Crippen molar-refractivity contribution in [3.63, 3.8) is 0 Å². The fraction of sp³-hybridized carbons (Fsp3) is 0.522. The van der Waals surface area contributed by atoms with Gasteiger partial charge in [0.05, 0.1) is 25.0 Å². The molecule has 0 bridgehead atoms. The van der Waals surface area contributed by atoms with Gasteiger partial charge in [-0.1, -0.05) is 30.3 Å². The van der Waals surface area contributed by atoms with Crippen LogP contribution in [0.25, 0.3) is 0 Å². The molecule has 1 saturated carbocycles. The maximum absolute atomic E-state index is 14.5. The molecular formula is C23H30FN3O4S. The summed E-state index contributed by atoms with van der Waals surface area (Å²) in [6, 6.07) is 10.8. The first-order chi connectivity index (χ1) is 15.3. The monoisotopic (exact) mass is 463 g/mol. The van der Waals surface area contributed by atoms with Crippen LogP contribution >= 0.6 is 0 Å². The molecule has 4 rings (SSSR count). The van der Waals surface area contributed by atoms with Crippen molar-refractivity contribution in [3.8, 4) is 0 Å². The van der Waals surface area contributed by atoms with E-state index in [-0.39, 0.29) is 18.5 Å². The Balaban J connectivity index is 1.43. The number of hydrogen-bond acceptors (Lipinski definition) is 5. The van der Waals surface area contributed by atoms with Crippen LogP contribution in [0.5, 0.6) is 0 Å². The second kappa shape index (κ2) is 9.72. The summed E-state index contributed by atoms with van der Waals surface area (Å²) in [6.07, 6.45) is 7.02. The summed E-state index contributed by atoms with van der Waals surface area (Å²) in [5.41, 5.74) is 0.658. The van der Waals surface area contributed by atoms with Crippen LogP contribution in [0.15, 0.2) is 47.4 Å². The maximum Gasteiger partial charge on any atom is 0.219 e. The van der Waals surface area contributed by atoms with Crippen LogP contribution in [0.4, 0.5) is 10.2 Å². The summed E-state index contributed by atoms with van der Waals surface area (Å²) in [5, 5.41) is 0. The lowest BCUT2D eigenvalue weighted by molar-refractivity contribution is 0.0155. The fourth-order valence-electron chi connectivity index (χ4n) is 4.93. The highest BCUT2D eigenvalue weighted by Crippen LogP contribution is 2.34. The highest BCUT2D eigenvalue weighted by Gasteiger charge is 2.38. The molecule has 2 aliphatic rings. The number of anilines is 1. The average Bonchev–Trinajstić information content (AvgIpc) is 3.15. The Morgan fingerprint density at radius 1 is 1.12 bits per heavy atom. The second-order valence-electron chi connectivity index (χ2n) is 8.77. The van der Waals surface area contributed by atoms with E-state index in [1.165, 1.54) is 11.8 Å². The van der Waals surface area contributed by atoms with Crippen LogP contribution < -0.4 is 15.1 Å². The third-order valence-electron chi connectivity index (χ3n) is 6.53. The number of halogens is 1. The van der Waals surface area contributed by atoms with E-state index in [0.29, 0.717) is 18.9 Å². The molecule has 1 saturated heterocycles. The third kappa shape index (κ3) is 5.39. The van der Waals surface area contributed by atoms with E-state index >= 15 is 0 Å². The van der Waals surface area contributed by atoms with Gasteiger partial charge in [0.25, 0.3) is 0 Å². The predicted octanol–water partition coefficient (Wildman–Crippen LogP) is 2.75. The lowest BCUT2D eigenvalue weighted by Crippen LogP contribution is -2.48. The lowest BCUT2D eigenvalue weighted by atomic mass is 9.83. The highest BCUT2D eigenvalue weighted by atomic mass is 32.2. The number of H-pyrrole nitrogens is 1. The van der Waals surface area contributed by atoms with Gasteiger partial charge in [0.15, 0.2) is 0 Å². The molecule has 9 heteroatoms. The molecule has 2 heterocycles. The Morgan fingerprint density at radius 3 is 2.53 bits per heavy atom. The van der Waals surface area contributed by atoms with Crippen LogP contribution in [0.2, 0.25) is 0 Å². The number of hydrogen-bond donors (Lipinski definition) is 2. The van der Waals surface area contributed by atoms with Crippen molar-refractivity contribution in [1.82, 2.24) is 9.71 Å². The van der Waals surface area contributed by atoms with Crippen LogP contribution in [-0.4, -0.2) is 51.0 Å². The number of nitrogens with zero attached hydrogens (tertiary/aromatic N) is 1. The summed E-state index contributed by atoms with van der Waals surface area (Å²) in [4.78, 5) is 16.3. The zero-order chi connectivity index (χ0) is 22.7. The van der Waals surface area contributed by atoms with E-state index in [2.05, 4.69) is 34.0 Å². The first-order valence-corrected chi connectivity index (χ1v) is 13.0. The molecule has 0 radical (unpaired) electrons. The number of rotatable bonds is 7. The van der Waals surface area contributed by atoms with Gasteiger partial charge in [-0.3, -0.25) is 4.79 Å². The van der Waals surface area contributed by atoms with Gasteiger partial charge < -0.3 is 14.6 Å². The van der Waals surface area contributed by atoms with Crippen LogP contribution in [0, 0.1) is 5.82 Å². The van der Waals surface area contributed by atoms with Gasteiger partial charge in [0.1, 0.15) is 5.82 Å². The Labute approximate surface area is 188 Å². The van der Waals surface area contributed by atoms with E-state index in [1.807, 2.05) is 6.07 Å². The van der Waals surface area contributed by atoms with Gasteiger partial charge in [0, 0.05) is 24.8 Å². The number of benzene rings is 1. The van der Waals surface area contributed by atoms with E-state index in [0.717, 1.165) is 38.0 Å². The van der Waals surface area contributed by atoms with Crippen molar-refractivity contribution < 1.29 is 17.5 Å². The van der Waals surface area contributed by atoms with Gasteiger partial charge in [-0.15, -0.1) is 0 Å². The van der Waals surface area contributed by atoms with E-state index in [1.54, 1.807) is 4.90 Å². The molecule has 0 amide bonds. The molecule has 32 heavy (non-hydrogen) atoms. The first kappa shape index (κ1) is 22.9. The minimum Gasteiger partial charge on any atom is -0.376 e. The molecule has 174 valence electrons. The van der Waals surface area contributed by atoms with Gasteiger partial charge in [-0.25, -0.2) is 13.1 Å². The molecule has 0 unspecified atom stereocenters. The van der Waals surface area contributed by atoms with Crippen LogP contribution in [0.3, 0.4) is 0 Å². The van der Waals surface area contributed by atoms with Gasteiger partial charge in [-0.05, 0) is 43.6 Å². The maximum atomic E-state index is 14.5. The summed E-state index contributed by atoms with van der Waals surface area (Å²) in [7, 11) is -3.44. The second-order valence-corrected chi connectivity index (χ2v) is 10.5. The Hall–Kier alpha value is -2.23.